The van der Waals surface area contributed by atoms with Crippen LogP contribution in [-0.2, 0) is 14.4 Å². The van der Waals surface area contributed by atoms with Gasteiger partial charge in [0.1, 0.15) is 5.82 Å². The van der Waals surface area contributed by atoms with E-state index < -0.39 is 23.6 Å². The quantitative estimate of drug-likeness (QED) is 0.396. The Balaban J connectivity index is 1.89. The summed E-state index contributed by atoms with van der Waals surface area (Å²) in [6.45, 7) is 10.6. The maximum absolute atomic E-state index is 14.1. The molecule has 0 saturated heterocycles. The van der Waals surface area contributed by atoms with Gasteiger partial charge in [0.05, 0.1) is 16.8 Å². The number of aliphatic carboxylic acids is 1. The normalized spacial score (nSPS) is 13.9. The minimum Gasteiger partial charge on any atom is -0.481 e. The van der Waals surface area contributed by atoms with E-state index in [0.29, 0.717) is 29.1 Å². The van der Waals surface area contributed by atoms with Gasteiger partial charge in [0.25, 0.3) is 11.8 Å². The number of rotatable bonds is 11. The number of carbonyl (C=O) groups is 4. The summed E-state index contributed by atoms with van der Waals surface area (Å²) in [6.07, 6.45) is 1.27. The van der Waals surface area contributed by atoms with Gasteiger partial charge in [0, 0.05) is 42.9 Å². The number of amides is 3. The van der Waals surface area contributed by atoms with Gasteiger partial charge in [-0.3, -0.25) is 19.2 Å². The molecule has 0 saturated carbocycles. The number of benzene rings is 1. The van der Waals surface area contributed by atoms with Crippen LogP contribution in [0.5, 0.6) is 0 Å². The first-order chi connectivity index (χ1) is 17.6. The van der Waals surface area contributed by atoms with Crippen molar-refractivity contribution in [1.29, 1.82) is 0 Å². The summed E-state index contributed by atoms with van der Waals surface area (Å²) in [6, 6.07) is 3.72. The van der Waals surface area contributed by atoms with Gasteiger partial charge in [0.2, 0.25) is 5.91 Å². The number of hydrogen-bond acceptors (Lipinski definition) is 5. The van der Waals surface area contributed by atoms with Gasteiger partial charge in [-0.05, 0) is 63.2 Å². The molecule has 1 aromatic heterocycles. The summed E-state index contributed by atoms with van der Waals surface area (Å²) < 4.78 is 14.1. The number of carboxylic acids is 1. The van der Waals surface area contributed by atoms with Gasteiger partial charge in [0.15, 0.2) is 0 Å². The Bertz CT molecular complexity index is 1250. The zero-order valence-corrected chi connectivity index (χ0v) is 21.6. The lowest BCUT2D eigenvalue weighted by Gasteiger charge is -2.18. The van der Waals surface area contributed by atoms with Crippen LogP contribution in [0.15, 0.2) is 18.2 Å². The molecule has 0 fully saturated rings. The molecular formula is C27H33FN4O5. The predicted octanol–water partition coefficient (Wildman–Crippen LogP) is 3.51. The van der Waals surface area contributed by atoms with Crippen molar-refractivity contribution in [1.82, 2.24) is 15.2 Å². The number of nitrogens with zero attached hydrogens (tertiary/aromatic N) is 2. The number of fused-ring (bicyclic) bond motifs is 1. The van der Waals surface area contributed by atoms with E-state index in [0.717, 1.165) is 30.6 Å². The van der Waals surface area contributed by atoms with Crippen molar-refractivity contribution in [3.05, 3.63) is 52.1 Å². The first-order valence-corrected chi connectivity index (χ1v) is 12.4. The molecule has 3 rings (SSSR count). The highest BCUT2D eigenvalue weighted by Crippen LogP contribution is 2.39. The molecule has 0 unspecified atom stereocenters. The molecule has 3 amide bonds. The van der Waals surface area contributed by atoms with E-state index >= 15 is 0 Å². The number of carbonyl (C=O) groups excluding carboxylic acids is 3. The number of aromatic amines is 1. The molecule has 9 nitrogen and oxygen atoms in total. The molecule has 0 bridgehead atoms. The van der Waals surface area contributed by atoms with E-state index in [1.165, 1.54) is 18.2 Å². The smallest absolute Gasteiger partial charge is 0.303 e. The van der Waals surface area contributed by atoms with E-state index in [1.54, 1.807) is 13.8 Å². The SMILES string of the molecule is CCN(CC)CCNC(=O)c1c(C)[nH]c(/C=C2\C(=O)N(C(=O)CCCC(=O)O)c3ccc(F)cc32)c1C. The zero-order chi connectivity index (χ0) is 27.3. The van der Waals surface area contributed by atoms with Crippen LogP contribution in [0, 0.1) is 19.7 Å². The number of hydrogen-bond donors (Lipinski definition) is 3. The Hall–Kier alpha value is -3.79. The van der Waals surface area contributed by atoms with Crippen LogP contribution in [0.4, 0.5) is 10.1 Å². The van der Waals surface area contributed by atoms with Crippen LogP contribution in [0.2, 0.25) is 0 Å². The molecule has 2 heterocycles. The minimum atomic E-state index is -1.03. The Morgan fingerprint density at radius 3 is 2.51 bits per heavy atom. The monoisotopic (exact) mass is 512 g/mol. The van der Waals surface area contributed by atoms with Crippen LogP contribution in [0.1, 0.15) is 66.0 Å². The summed E-state index contributed by atoms with van der Waals surface area (Å²) in [4.78, 5) is 56.2. The van der Waals surface area contributed by atoms with E-state index in [9.17, 15) is 23.6 Å². The molecule has 0 spiro atoms. The fourth-order valence-corrected chi connectivity index (χ4v) is 4.51. The van der Waals surface area contributed by atoms with Crippen LogP contribution in [0.25, 0.3) is 11.6 Å². The van der Waals surface area contributed by atoms with E-state index in [1.807, 2.05) is 0 Å². The van der Waals surface area contributed by atoms with Crippen LogP contribution in [0.3, 0.4) is 0 Å². The van der Waals surface area contributed by atoms with Crippen molar-refractivity contribution in [2.75, 3.05) is 31.1 Å². The molecule has 10 heteroatoms. The molecule has 1 aliphatic rings. The lowest BCUT2D eigenvalue weighted by atomic mass is 10.0. The zero-order valence-electron chi connectivity index (χ0n) is 21.6. The Labute approximate surface area is 215 Å². The third-order valence-corrected chi connectivity index (χ3v) is 6.55. The molecular weight excluding hydrogens is 479 g/mol. The summed E-state index contributed by atoms with van der Waals surface area (Å²) >= 11 is 0. The molecule has 0 radical (unpaired) electrons. The highest BCUT2D eigenvalue weighted by molar-refractivity contribution is 6.42. The van der Waals surface area contributed by atoms with Gasteiger partial charge in [-0.25, -0.2) is 9.29 Å². The average Bonchev–Trinajstić information content (AvgIpc) is 3.28. The second-order valence-corrected chi connectivity index (χ2v) is 8.95. The van der Waals surface area contributed by atoms with E-state index in [4.69, 9.17) is 5.11 Å². The first kappa shape index (κ1) is 27.8. The summed E-state index contributed by atoms with van der Waals surface area (Å²) in [5, 5.41) is 11.8. The van der Waals surface area contributed by atoms with Gasteiger partial charge in [-0.15, -0.1) is 0 Å². The average molecular weight is 513 g/mol. The lowest BCUT2D eigenvalue weighted by Crippen LogP contribution is -2.35. The number of likely N-dealkylation sites (N-methyl/N-ethyl adjacent to an activating group) is 1. The third kappa shape index (κ3) is 6.14. The van der Waals surface area contributed by atoms with Gasteiger partial charge >= 0.3 is 5.97 Å². The molecule has 3 N–H and O–H groups in total. The van der Waals surface area contributed by atoms with Crippen LogP contribution < -0.4 is 10.2 Å². The highest BCUT2D eigenvalue weighted by Gasteiger charge is 2.37. The largest absolute Gasteiger partial charge is 0.481 e. The molecule has 0 atom stereocenters. The number of nitrogens with one attached hydrogen (secondary N) is 2. The molecule has 2 aromatic rings. The summed E-state index contributed by atoms with van der Waals surface area (Å²) in [5.41, 5.74) is 2.84. The lowest BCUT2D eigenvalue weighted by molar-refractivity contribution is -0.137. The molecule has 1 aliphatic heterocycles. The van der Waals surface area contributed by atoms with Gasteiger partial charge < -0.3 is 20.3 Å². The first-order valence-electron chi connectivity index (χ1n) is 12.4. The number of anilines is 1. The number of aromatic nitrogens is 1. The fraction of sp³-hybridized carbons (Fsp3) is 0.407. The number of halogens is 1. The third-order valence-electron chi connectivity index (χ3n) is 6.55. The fourth-order valence-electron chi connectivity index (χ4n) is 4.51. The predicted molar refractivity (Wildman–Crippen MR) is 139 cm³/mol. The summed E-state index contributed by atoms with van der Waals surface area (Å²) in [5.74, 6) is -3.02. The van der Waals surface area contributed by atoms with Crippen molar-refractivity contribution in [2.45, 2.75) is 47.0 Å². The van der Waals surface area contributed by atoms with Crippen LogP contribution >= 0.6 is 0 Å². The molecule has 37 heavy (non-hydrogen) atoms. The maximum Gasteiger partial charge on any atom is 0.303 e. The van der Waals surface area contributed by atoms with Gasteiger partial charge in [-0.1, -0.05) is 13.8 Å². The minimum absolute atomic E-state index is 0.0786. The van der Waals surface area contributed by atoms with Gasteiger partial charge in [-0.2, -0.15) is 0 Å². The number of H-pyrrole nitrogens is 1. The van der Waals surface area contributed by atoms with E-state index in [2.05, 4.69) is 29.0 Å². The maximum atomic E-state index is 14.1. The van der Waals surface area contributed by atoms with Crippen molar-refractivity contribution < 1.29 is 28.7 Å². The Kier molecular flexibility index (Phi) is 8.99. The van der Waals surface area contributed by atoms with Crippen molar-refractivity contribution in [3.63, 3.8) is 0 Å². The number of carboxylic acid groups (broad SMARTS) is 1. The van der Waals surface area contributed by atoms with E-state index in [-0.39, 0.29) is 42.0 Å². The Morgan fingerprint density at radius 1 is 1.16 bits per heavy atom. The summed E-state index contributed by atoms with van der Waals surface area (Å²) in [7, 11) is 0. The van der Waals surface area contributed by atoms with Crippen LogP contribution in [-0.4, -0.2) is 64.9 Å². The van der Waals surface area contributed by atoms with Crippen molar-refractivity contribution in [2.24, 2.45) is 0 Å². The second-order valence-electron chi connectivity index (χ2n) is 8.95. The molecule has 0 aliphatic carbocycles. The van der Waals surface area contributed by atoms with Crippen molar-refractivity contribution in [3.8, 4) is 0 Å². The van der Waals surface area contributed by atoms with Crippen molar-refractivity contribution >= 4 is 41.0 Å². The number of aryl methyl sites for hydroxylation is 1. The number of imide groups is 1. The highest BCUT2D eigenvalue weighted by atomic mass is 19.1. The molecule has 1 aromatic carbocycles. The molecule has 198 valence electrons. The standard InChI is InChI=1S/C27H33FN4O5/c1-5-31(6-2)13-12-29-26(36)25-16(3)21(30-17(25)4)15-20-19-14-18(28)10-11-22(19)32(27(20)37)23(33)8-7-9-24(34)35/h10-11,14-15,30H,5-9,12-13H2,1-4H3,(H,29,36)(H,34,35)/b20-15-. The second kappa shape index (κ2) is 12.0. The Morgan fingerprint density at radius 2 is 1.86 bits per heavy atom. The topological polar surface area (TPSA) is 123 Å².